The lowest BCUT2D eigenvalue weighted by Crippen LogP contribution is -2.09. The molecule has 0 atom stereocenters. The zero-order chi connectivity index (χ0) is 18.2. The van der Waals surface area contributed by atoms with Gasteiger partial charge in [-0.1, -0.05) is 78.3 Å². The third-order valence-corrected chi connectivity index (χ3v) is 5.01. The molecule has 0 saturated carbocycles. The minimum atomic E-state index is 0.894. The Morgan fingerprint density at radius 3 is 2.26 bits per heavy atom. The summed E-state index contributed by atoms with van der Waals surface area (Å²) in [5.74, 6) is 0. The van der Waals surface area contributed by atoms with Crippen molar-refractivity contribution in [3.63, 3.8) is 0 Å². The van der Waals surface area contributed by atoms with Crippen molar-refractivity contribution in [3.05, 3.63) is 91.0 Å². The van der Waals surface area contributed by atoms with E-state index >= 15 is 0 Å². The van der Waals surface area contributed by atoms with E-state index in [9.17, 15) is 0 Å². The summed E-state index contributed by atoms with van der Waals surface area (Å²) in [6.45, 7) is 0. The second-order valence-electron chi connectivity index (χ2n) is 6.80. The molecule has 5 rings (SSSR count). The molecule has 0 aliphatic heterocycles. The average Bonchev–Trinajstić information content (AvgIpc) is 3.10. The van der Waals surface area contributed by atoms with E-state index in [0.29, 0.717) is 0 Å². The monoisotopic (exact) mass is 347 g/mol. The maximum atomic E-state index is 6.13. The van der Waals surface area contributed by atoms with Crippen molar-refractivity contribution < 1.29 is 4.42 Å². The van der Waals surface area contributed by atoms with Gasteiger partial charge in [-0.25, -0.2) is 0 Å². The van der Waals surface area contributed by atoms with Crippen LogP contribution in [-0.4, -0.2) is 7.85 Å². The normalized spacial score (nSPS) is 11.1. The van der Waals surface area contributed by atoms with Gasteiger partial charge in [-0.05, 0) is 29.3 Å². The van der Waals surface area contributed by atoms with Crippen LogP contribution in [0.1, 0.15) is 0 Å². The molecule has 0 saturated heterocycles. The number of hydrogen-bond donors (Lipinski definition) is 1. The summed E-state index contributed by atoms with van der Waals surface area (Å²) in [5, 5.41) is 5.84. The van der Waals surface area contributed by atoms with Gasteiger partial charge in [0.1, 0.15) is 13.4 Å². The van der Waals surface area contributed by atoms with Gasteiger partial charge in [0.25, 0.3) is 0 Å². The Hall–Kier alpha value is -3.46. The van der Waals surface area contributed by atoms with Crippen LogP contribution >= 0.6 is 0 Å². The number of fused-ring (bicyclic) bond motifs is 3. The highest BCUT2D eigenvalue weighted by molar-refractivity contribution is 6.36. The van der Waals surface area contributed by atoms with Gasteiger partial charge in [0.15, 0.2) is 5.58 Å². The van der Waals surface area contributed by atoms with Gasteiger partial charge in [-0.2, -0.15) is 0 Å². The molecule has 0 fully saturated rings. The summed E-state index contributed by atoms with van der Waals surface area (Å²) in [7, 11) is 2.13. The van der Waals surface area contributed by atoms with Crippen LogP contribution in [0.25, 0.3) is 33.1 Å². The zero-order valence-corrected chi connectivity index (χ0v) is 15.1. The zero-order valence-electron chi connectivity index (χ0n) is 15.1. The Morgan fingerprint density at radius 2 is 1.41 bits per heavy atom. The van der Waals surface area contributed by atoms with Gasteiger partial charge in [0, 0.05) is 16.5 Å². The number of rotatable bonds is 3. The predicted molar refractivity (Wildman–Crippen MR) is 117 cm³/mol. The van der Waals surface area contributed by atoms with E-state index in [1.807, 2.05) is 24.3 Å². The summed E-state index contributed by atoms with van der Waals surface area (Å²) < 4.78 is 6.13. The first-order valence-electron chi connectivity index (χ1n) is 9.13. The summed E-state index contributed by atoms with van der Waals surface area (Å²) in [6.07, 6.45) is 0. The molecule has 0 unspecified atom stereocenters. The number of para-hydroxylation sites is 2. The Labute approximate surface area is 158 Å². The number of nitrogens with one attached hydrogen (secondary N) is 1. The lowest BCUT2D eigenvalue weighted by Gasteiger charge is -2.12. The average molecular weight is 347 g/mol. The smallest absolute Gasteiger partial charge is 0.158 e. The Kier molecular flexibility index (Phi) is 3.72. The molecule has 0 aliphatic carbocycles. The highest BCUT2D eigenvalue weighted by Crippen LogP contribution is 2.34. The van der Waals surface area contributed by atoms with Crippen LogP contribution in [0, 0.1) is 0 Å². The van der Waals surface area contributed by atoms with Crippen molar-refractivity contribution in [1.29, 1.82) is 0 Å². The van der Waals surface area contributed by atoms with Crippen LogP contribution in [0.3, 0.4) is 0 Å². The first kappa shape index (κ1) is 15.8. The fourth-order valence-electron chi connectivity index (χ4n) is 3.60. The number of furan rings is 1. The number of hydrogen-bond acceptors (Lipinski definition) is 2. The predicted octanol–water partition coefficient (Wildman–Crippen LogP) is 5.26. The Morgan fingerprint density at radius 1 is 0.630 bits per heavy atom. The highest BCUT2D eigenvalue weighted by Gasteiger charge is 2.11. The second kappa shape index (κ2) is 6.37. The minimum absolute atomic E-state index is 0.894. The lowest BCUT2D eigenvalue weighted by molar-refractivity contribution is 0.670. The third-order valence-electron chi connectivity index (χ3n) is 5.01. The van der Waals surface area contributed by atoms with Crippen molar-refractivity contribution in [2.24, 2.45) is 0 Å². The van der Waals surface area contributed by atoms with Crippen LogP contribution in [-0.2, 0) is 0 Å². The first-order chi connectivity index (χ1) is 13.3. The molecule has 4 aromatic carbocycles. The van der Waals surface area contributed by atoms with Gasteiger partial charge in [0.2, 0.25) is 0 Å². The summed E-state index contributed by atoms with van der Waals surface area (Å²) in [6, 6.07) is 31.4. The molecule has 27 heavy (non-hydrogen) atoms. The van der Waals surface area contributed by atoms with Crippen molar-refractivity contribution in [3.8, 4) is 11.1 Å². The summed E-state index contributed by atoms with van der Waals surface area (Å²) in [4.78, 5) is 0. The van der Waals surface area contributed by atoms with Crippen LogP contribution in [0.2, 0.25) is 0 Å². The molecule has 0 bridgehead atoms. The Bertz CT molecular complexity index is 1260. The molecule has 0 spiro atoms. The van der Waals surface area contributed by atoms with Gasteiger partial charge < -0.3 is 9.73 Å². The molecule has 1 heterocycles. The molecule has 0 amide bonds. The van der Waals surface area contributed by atoms with E-state index in [1.165, 1.54) is 16.6 Å². The van der Waals surface area contributed by atoms with E-state index in [-0.39, 0.29) is 0 Å². The van der Waals surface area contributed by atoms with Crippen molar-refractivity contribution in [2.45, 2.75) is 0 Å². The SMILES string of the molecule is Bc1cc(-c2ccccc2)ccc1Nc1cccc2c1oc1ccccc12. The van der Waals surface area contributed by atoms with Crippen LogP contribution in [0.4, 0.5) is 11.4 Å². The van der Waals surface area contributed by atoms with Gasteiger partial charge in [0.05, 0.1) is 5.69 Å². The van der Waals surface area contributed by atoms with Gasteiger partial charge in [-0.15, -0.1) is 0 Å². The molecule has 128 valence electrons. The van der Waals surface area contributed by atoms with E-state index in [2.05, 4.69) is 79.9 Å². The van der Waals surface area contributed by atoms with Gasteiger partial charge in [-0.3, -0.25) is 0 Å². The first-order valence-corrected chi connectivity index (χ1v) is 9.13. The molecule has 0 aliphatic rings. The van der Waals surface area contributed by atoms with E-state index in [0.717, 1.165) is 33.3 Å². The number of benzene rings is 4. The lowest BCUT2D eigenvalue weighted by atomic mass is 9.90. The van der Waals surface area contributed by atoms with Crippen molar-refractivity contribution in [2.75, 3.05) is 5.32 Å². The summed E-state index contributed by atoms with van der Waals surface area (Å²) >= 11 is 0. The van der Waals surface area contributed by atoms with Gasteiger partial charge >= 0.3 is 0 Å². The molecule has 5 aromatic rings. The molecule has 0 radical (unpaired) electrons. The maximum absolute atomic E-state index is 6.13. The Balaban J connectivity index is 1.56. The second-order valence-corrected chi connectivity index (χ2v) is 6.80. The van der Waals surface area contributed by atoms with Crippen LogP contribution in [0.15, 0.2) is 95.4 Å². The topological polar surface area (TPSA) is 25.2 Å². The molecular formula is C24H18BNO. The van der Waals surface area contributed by atoms with E-state index in [4.69, 9.17) is 4.42 Å². The molecule has 2 nitrogen and oxygen atoms in total. The fourth-order valence-corrected chi connectivity index (χ4v) is 3.60. The molecular weight excluding hydrogens is 329 g/mol. The van der Waals surface area contributed by atoms with Crippen molar-refractivity contribution in [1.82, 2.24) is 0 Å². The van der Waals surface area contributed by atoms with E-state index < -0.39 is 0 Å². The van der Waals surface area contributed by atoms with Crippen molar-refractivity contribution >= 4 is 46.6 Å². The molecule has 1 N–H and O–H groups in total. The minimum Gasteiger partial charge on any atom is -0.454 e. The van der Waals surface area contributed by atoms with Crippen LogP contribution < -0.4 is 10.8 Å². The fraction of sp³-hybridized carbons (Fsp3) is 0. The van der Waals surface area contributed by atoms with E-state index in [1.54, 1.807) is 0 Å². The standard InChI is InChI=1S/C24H18BNO/c25-20-15-17(16-7-2-1-3-8-16)13-14-21(20)26-22-11-6-10-19-18-9-4-5-12-23(18)27-24(19)22/h1-15,26H,25H2. The highest BCUT2D eigenvalue weighted by atomic mass is 16.3. The quantitative estimate of drug-likeness (QED) is 0.451. The van der Waals surface area contributed by atoms with Crippen LogP contribution in [0.5, 0.6) is 0 Å². The third kappa shape index (κ3) is 2.78. The molecule has 1 aromatic heterocycles. The maximum Gasteiger partial charge on any atom is 0.158 e. The number of anilines is 2. The molecule has 3 heteroatoms. The summed E-state index contributed by atoms with van der Waals surface area (Å²) in [5.41, 5.74) is 7.53. The largest absolute Gasteiger partial charge is 0.454 e.